The van der Waals surface area contributed by atoms with Gasteiger partial charge in [-0.3, -0.25) is 0 Å². The molecule has 2 N–H and O–H groups in total. The number of hydrogen-bond donors (Lipinski definition) is 1. The molecule has 0 spiro atoms. The van der Waals surface area contributed by atoms with E-state index in [0.29, 0.717) is 27.1 Å². The SMILES string of the molecule is Cc1cc(C)n2nc(N)c(N=Nc3cc(Cl)ccc3Cl)c2n1. The molecule has 112 valence electrons. The second kappa shape index (κ2) is 5.55. The molecule has 0 unspecified atom stereocenters. The number of anilines is 1. The van der Waals surface area contributed by atoms with E-state index in [1.165, 1.54) is 0 Å². The van der Waals surface area contributed by atoms with Gasteiger partial charge in [-0.05, 0) is 38.1 Å². The minimum atomic E-state index is 0.253. The third-order valence-electron chi connectivity index (χ3n) is 3.06. The van der Waals surface area contributed by atoms with Crippen LogP contribution in [0.15, 0.2) is 34.5 Å². The van der Waals surface area contributed by atoms with Gasteiger partial charge in [0.15, 0.2) is 17.2 Å². The maximum atomic E-state index is 6.06. The topological polar surface area (TPSA) is 80.9 Å². The minimum Gasteiger partial charge on any atom is -0.380 e. The smallest absolute Gasteiger partial charge is 0.185 e. The van der Waals surface area contributed by atoms with E-state index in [1.807, 2.05) is 19.9 Å². The highest BCUT2D eigenvalue weighted by molar-refractivity contribution is 6.35. The Bertz CT molecular complexity index is 900. The number of aryl methyl sites for hydroxylation is 2. The molecule has 0 aliphatic rings. The summed E-state index contributed by atoms with van der Waals surface area (Å²) >= 11 is 12.0. The summed E-state index contributed by atoms with van der Waals surface area (Å²) in [6, 6.07) is 6.87. The van der Waals surface area contributed by atoms with Crippen LogP contribution in [0.3, 0.4) is 0 Å². The molecule has 1 aromatic carbocycles. The first kappa shape index (κ1) is 14.7. The number of aromatic nitrogens is 3. The van der Waals surface area contributed by atoms with Crippen LogP contribution in [0, 0.1) is 13.8 Å². The van der Waals surface area contributed by atoms with Crippen LogP contribution in [-0.4, -0.2) is 14.6 Å². The van der Waals surface area contributed by atoms with E-state index in [2.05, 4.69) is 20.3 Å². The lowest BCUT2D eigenvalue weighted by Crippen LogP contribution is -1.97. The Morgan fingerprint density at radius 1 is 1.14 bits per heavy atom. The molecule has 0 aliphatic carbocycles. The predicted octanol–water partition coefficient (Wildman–Crippen LogP) is 4.65. The average Bonchev–Trinajstić information content (AvgIpc) is 2.76. The van der Waals surface area contributed by atoms with Crippen LogP contribution in [0.4, 0.5) is 17.2 Å². The molecule has 0 saturated carbocycles. The third kappa shape index (κ3) is 2.63. The van der Waals surface area contributed by atoms with Crippen LogP contribution in [0.1, 0.15) is 11.4 Å². The minimum absolute atomic E-state index is 0.253. The number of fused-ring (bicyclic) bond motifs is 1. The molecule has 2 heterocycles. The van der Waals surface area contributed by atoms with Crippen molar-refractivity contribution in [1.82, 2.24) is 14.6 Å². The number of rotatable bonds is 2. The molecular formula is C14H12Cl2N6. The fourth-order valence-corrected chi connectivity index (χ4v) is 2.41. The molecule has 22 heavy (non-hydrogen) atoms. The van der Waals surface area contributed by atoms with Gasteiger partial charge in [0.25, 0.3) is 0 Å². The monoisotopic (exact) mass is 334 g/mol. The lowest BCUT2D eigenvalue weighted by atomic mass is 10.3. The van der Waals surface area contributed by atoms with E-state index in [1.54, 1.807) is 22.7 Å². The van der Waals surface area contributed by atoms with Gasteiger partial charge in [-0.2, -0.15) is 0 Å². The van der Waals surface area contributed by atoms with Gasteiger partial charge in [-0.25, -0.2) is 9.50 Å². The zero-order valence-electron chi connectivity index (χ0n) is 11.9. The van der Waals surface area contributed by atoms with E-state index < -0.39 is 0 Å². The number of halogens is 2. The summed E-state index contributed by atoms with van der Waals surface area (Å²) < 4.78 is 1.64. The van der Waals surface area contributed by atoms with Crippen molar-refractivity contribution in [2.75, 3.05) is 5.73 Å². The zero-order valence-corrected chi connectivity index (χ0v) is 13.4. The fourth-order valence-electron chi connectivity index (χ4n) is 2.09. The molecule has 0 bridgehead atoms. The van der Waals surface area contributed by atoms with E-state index in [4.69, 9.17) is 28.9 Å². The van der Waals surface area contributed by atoms with Crippen molar-refractivity contribution < 1.29 is 0 Å². The van der Waals surface area contributed by atoms with Gasteiger partial charge in [0, 0.05) is 16.4 Å². The number of nitrogens with zero attached hydrogens (tertiary/aromatic N) is 5. The van der Waals surface area contributed by atoms with Crippen LogP contribution in [0.25, 0.3) is 5.65 Å². The van der Waals surface area contributed by atoms with Crippen LogP contribution in [0.2, 0.25) is 10.0 Å². The van der Waals surface area contributed by atoms with E-state index in [9.17, 15) is 0 Å². The summed E-state index contributed by atoms with van der Waals surface area (Å²) in [5.74, 6) is 0.253. The number of hydrogen-bond acceptors (Lipinski definition) is 5. The summed E-state index contributed by atoms with van der Waals surface area (Å²) in [7, 11) is 0. The Labute approximate surface area is 136 Å². The highest BCUT2D eigenvalue weighted by atomic mass is 35.5. The molecule has 0 fully saturated rings. The maximum Gasteiger partial charge on any atom is 0.185 e. The molecule has 2 aromatic heterocycles. The fraction of sp³-hybridized carbons (Fsp3) is 0.143. The Hall–Kier alpha value is -2.18. The Morgan fingerprint density at radius 2 is 1.91 bits per heavy atom. The summed E-state index contributed by atoms with van der Waals surface area (Å²) in [6.45, 7) is 3.81. The van der Waals surface area contributed by atoms with Gasteiger partial charge < -0.3 is 5.73 Å². The molecule has 0 atom stereocenters. The van der Waals surface area contributed by atoms with Gasteiger partial charge in [0.1, 0.15) is 5.69 Å². The van der Waals surface area contributed by atoms with Gasteiger partial charge in [0.05, 0.1) is 5.02 Å². The second-order valence-corrected chi connectivity index (χ2v) is 5.65. The van der Waals surface area contributed by atoms with E-state index in [0.717, 1.165) is 11.4 Å². The molecular weight excluding hydrogens is 323 g/mol. The lowest BCUT2D eigenvalue weighted by Gasteiger charge is -2.00. The molecule has 6 nitrogen and oxygen atoms in total. The van der Waals surface area contributed by atoms with Crippen molar-refractivity contribution in [2.24, 2.45) is 10.2 Å². The molecule has 0 amide bonds. The van der Waals surface area contributed by atoms with Crippen molar-refractivity contribution in [2.45, 2.75) is 13.8 Å². The number of benzene rings is 1. The molecule has 0 saturated heterocycles. The van der Waals surface area contributed by atoms with E-state index >= 15 is 0 Å². The van der Waals surface area contributed by atoms with Crippen molar-refractivity contribution in [3.63, 3.8) is 0 Å². The van der Waals surface area contributed by atoms with Gasteiger partial charge in [0.2, 0.25) is 0 Å². The van der Waals surface area contributed by atoms with Crippen molar-refractivity contribution >= 4 is 46.0 Å². The lowest BCUT2D eigenvalue weighted by molar-refractivity contribution is 0.890. The maximum absolute atomic E-state index is 6.06. The third-order valence-corrected chi connectivity index (χ3v) is 3.62. The first-order valence-electron chi connectivity index (χ1n) is 6.45. The van der Waals surface area contributed by atoms with E-state index in [-0.39, 0.29) is 5.82 Å². The van der Waals surface area contributed by atoms with Gasteiger partial charge in [-0.1, -0.05) is 23.2 Å². The second-order valence-electron chi connectivity index (χ2n) is 4.80. The quantitative estimate of drug-likeness (QED) is 0.692. The van der Waals surface area contributed by atoms with Gasteiger partial charge >= 0.3 is 0 Å². The highest BCUT2D eigenvalue weighted by Gasteiger charge is 2.13. The molecule has 3 rings (SSSR count). The Kier molecular flexibility index (Phi) is 3.72. The van der Waals surface area contributed by atoms with Gasteiger partial charge in [-0.15, -0.1) is 15.3 Å². The predicted molar refractivity (Wildman–Crippen MR) is 87.5 cm³/mol. The normalized spacial score (nSPS) is 11.6. The Morgan fingerprint density at radius 3 is 2.68 bits per heavy atom. The van der Waals surface area contributed by atoms with Crippen LogP contribution in [-0.2, 0) is 0 Å². The zero-order chi connectivity index (χ0) is 15.9. The van der Waals surface area contributed by atoms with Crippen molar-refractivity contribution in [1.29, 1.82) is 0 Å². The van der Waals surface area contributed by atoms with Crippen LogP contribution >= 0.6 is 23.2 Å². The summed E-state index contributed by atoms with van der Waals surface area (Å²) in [6.07, 6.45) is 0. The molecule has 0 aliphatic heterocycles. The Balaban J connectivity index is 2.12. The van der Waals surface area contributed by atoms with Crippen LogP contribution < -0.4 is 5.73 Å². The summed E-state index contributed by atoms with van der Waals surface area (Å²) in [5, 5.41) is 13.5. The molecule has 8 heteroatoms. The number of azo groups is 1. The first-order valence-corrected chi connectivity index (χ1v) is 7.20. The molecule has 3 aromatic rings. The highest BCUT2D eigenvalue weighted by Crippen LogP contribution is 2.32. The number of nitrogens with two attached hydrogens (primary N) is 1. The average molecular weight is 335 g/mol. The van der Waals surface area contributed by atoms with Crippen molar-refractivity contribution in [3.05, 3.63) is 45.7 Å². The largest absolute Gasteiger partial charge is 0.380 e. The first-order chi connectivity index (χ1) is 10.5. The standard InChI is InChI=1S/C14H12Cl2N6/c1-7-5-8(2)22-14(18-7)12(13(17)21-22)20-19-11-6-9(15)3-4-10(11)16/h3-6H,1-2H3,(H2,17,21). The van der Waals surface area contributed by atoms with Crippen molar-refractivity contribution in [3.8, 4) is 0 Å². The summed E-state index contributed by atoms with van der Waals surface area (Å²) in [5.41, 5.74) is 9.10. The molecule has 0 radical (unpaired) electrons. The summed E-state index contributed by atoms with van der Waals surface area (Å²) in [4.78, 5) is 4.42. The van der Waals surface area contributed by atoms with Crippen LogP contribution in [0.5, 0.6) is 0 Å². The number of nitrogen functional groups attached to an aromatic ring is 1.